The molecule has 20 heavy (non-hydrogen) atoms. The van der Waals surface area contributed by atoms with Gasteiger partial charge in [-0.25, -0.2) is 0 Å². The maximum Gasteiger partial charge on any atom is 0.127 e. The summed E-state index contributed by atoms with van der Waals surface area (Å²) < 4.78 is 5.59. The minimum absolute atomic E-state index is 0.0264. The van der Waals surface area contributed by atoms with Crippen molar-refractivity contribution >= 4 is 11.6 Å². The van der Waals surface area contributed by atoms with E-state index in [1.165, 1.54) is 5.56 Å². The van der Waals surface area contributed by atoms with Crippen molar-refractivity contribution in [1.82, 2.24) is 10.3 Å². The van der Waals surface area contributed by atoms with Gasteiger partial charge in [0.15, 0.2) is 0 Å². The molecule has 0 amide bonds. The molecule has 1 N–H and O–H groups in total. The number of ether oxygens (including phenoxy) is 1. The van der Waals surface area contributed by atoms with E-state index in [1.807, 2.05) is 19.2 Å². The van der Waals surface area contributed by atoms with Crippen molar-refractivity contribution in [2.75, 3.05) is 14.2 Å². The maximum atomic E-state index is 5.90. The van der Waals surface area contributed by atoms with Crippen LogP contribution in [0.2, 0.25) is 5.02 Å². The van der Waals surface area contributed by atoms with Gasteiger partial charge in [0.25, 0.3) is 0 Å². The van der Waals surface area contributed by atoms with Gasteiger partial charge in [0, 0.05) is 11.8 Å². The summed E-state index contributed by atoms with van der Waals surface area (Å²) >= 11 is 5.90. The first-order valence-corrected chi connectivity index (χ1v) is 6.89. The molecule has 1 aromatic carbocycles. The number of rotatable bonds is 4. The molecule has 2 rings (SSSR count). The van der Waals surface area contributed by atoms with Crippen molar-refractivity contribution in [2.24, 2.45) is 0 Å². The zero-order chi connectivity index (χ0) is 14.7. The normalized spacial score (nSPS) is 12.2. The van der Waals surface area contributed by atoms with Crippen molar-refractivity contribution in [3.8, 4) is 5.75 Å². The topological polar surface area (TPSA) is 34.2 Å². The summed E-state index contributed by atoms with van der Waals surface area (Å²) in [4.78, 5) is 4.40. The highest BCUT2D eigenvalue weighted by atomic mass is 35.5. The van der Waals surface area contributed by atoms with Gasteiger partial charge in [-0.3, -0.25) is 4.98 Å². The lowest BCUT2D eigenvalue weighted by Crippen LogP contribution is -2.20. The third-order valence-electron chi connectivity index (χ3n) is 3.56. The van der Waals surface area contributed by atoms with Crippen molar-refractivity contribution in [2.45, 2.75) is 19.9 Å². The number of methoxy groups -OCH3 is 1. The molecule has 4 heteroatoms. The molecule has 1 atom stereocenters. The smallest absolute Gasteiger partial charge is 0.127 e. The third-order valence-corrected chi connectivity index (χ3v) is 3.78. The molecular weight excluding hydrogens is 272 g/mol. The Labute approximate surface area is 124 Å². The van der Waals surface area contributed by atoms with Gasteiger partial charge in [0.1, 0.15) is 5.75 Å². The number of pyridine rings is 1. The van der Waals surface area contributed by atoms with Crippen molar-refractivity contribution < 1.29 is 4.74 Å². The van der Waals surface area contributed by atoms with E-state index in [4.69, 9.17) is 16.3 Å². The molecule has 1 heterocycles. The van der Waals surface area contributed by atoms with Crippen LogP contribution >= 0.6 is 11.6 Å². The summed E-state index contributed by atoms with van der Waals surface area (Å²) in [5.74, 6) is 0.904. The number of aryl methyl sites for hydroxylation is 1. The Morgan fingerprint density at radius 1 is 1.20 bits per heavy atom. The number of aromatic nitrogens is 1. The quantitative estimate of drug-likeness (QED) is 0.933. The summed E-state index contributed by atoms with van der Waals surface area (Å²) in [7, 11) is 3.61. The summed E-state index contributed by atoms with van der Waals surface area (Å²) in [5, 5.41) is 3.92. The second-order valence-corrected chi connectivity index (χ2v) is 5.19. The highest BCUT2D eigenvalue weighted by molar-refractivity contribution is 6.30. The first-order valence-electron chi connectivity index (χ1n) is 6.51. The summed E-state index contributed by atoms with van der Waals surface area (Å²) in [6.07, 6.45) is 1.66. The molecule has 0 saturated carbocycles. The minimum atomic E-state index is -0.0264. The van der Waals surface area contributed by atoms with Crippen LogP contribution in [0.15, 0.2) is 30.5 Å². The average molecular weight is 291 g/mol. The highest BCUT2D eigenvalue weighted by Crippen LogP contribution is 2.33. The van der Waals surface area contributed by atoms with Crippen LogP contribution in [-0.4, -0.2) is 19.1 Å². The van der Waals surface area contributed by atoms with Crippen LogP contribution in [0.3, 0.4) is 0 Å². The molecule has 0 aliphatic rings. The molecular formula is C16H19ClN2O. The summed E-state index contributed by atoms with van der Waals surface area (Å²) in [6.45, 7) is 4.15. The van der Waals surface area contributed by atoms with Gasteiger partial charge in [-0.05, 0) is 44.2 Å². The largest absolute Gasteiger partial charge is 0.496 e. The zero-order valence-electron chi connectivity index (χ0n) is 12.2. The van der Waals surface area contributed by atoms with Gasteiger partial charge in [-0.1, -0.05) is 23.7 Å². The fourth-order valence-electron chi connectivity index (χ4n) is 2.33. The summed E-state index contributed by atoms with van der Waals surface area (Å²) in [6, 6.07) is 7.94. The van der Waals surface area contributed by atoms with Crippen molar-refractivity contribution in [3.63, 3.8) is 0 Å². The van der Waals surface area contributed by atoms with Crippen LogP contribution < -0.4 is 10.1 Å². The average Bonchev–Trinajstić information content (AvgIpc) is 2.45. The van der Waals surface area contributed by atoms with Crippen molar-refractivity contribution in [1.29, 1.82) is 0 Å². The van der Waals surface area contributed by atoms with E-state index in [-0.39, 0.29) is 6.04 Å². The highest BCUT2D eigenvalue weighted by Gasteiger charge is 2.19. The van der Waals surface area contributed by atoms with Gasteiger partial charge >= 0.3 is 0 Å². The Balaban J connectivity index is 2.52. The van der Waals surface area contributed by atoms with Gasteiger partial charge in [0.2, 0.25) is 0 Å². The minimum Gasteiger partial charge on any atom is -0.496 e. The zero-order valence-corrected chi connectivity index (χ0v) is 13.0. The Hall–Kier alpha value is -1.58. The standard InChI is InChI=1S/C16H19ClN2O/c1-10-5-7-13(16(20-4)11(10)2)15(18-3)14-8-6-12(17)9-19-14/h5-9,15,18H,1-4H3. The number of hydrogen-bond acceptors (Lipinski definition) is 3. The van der Waals surface area contributed by atoms with Crippen molar-refractivity contribution in [3.05, 3.63) is 57.9 Å². The first-order chi connectivity index (χ1) is 9.58. The predicted octanol–water partition coefficient (Wildman–Crippen LogP) is 3.67. The van der Waals surface area contributed by atoms with E-state index in [0.29, 0.717) is 5.02 Å². The SMILES string of the molecule is CNC(c1ccc(Cl)cn1)c1ccc(C)c(C)c1OC. The molecule has 1 aromatic heterocycles. The number of benzene rings is 1. The molecule has 0 aliphatic carbocycles. The molecule has 0 aliphatic heterocycles. The van der Waals surface area contributed by atoms with E-state index in [9.17, 15) is 0 Å². The number of nitrogens with zero attached hydrogens (tertiary/aromatic N) is 1. The Kier molecular flexibility index (Phi) is 4.63. The summed E-state index contributed by atoms with van der Waals surface area (Å²) in [5.41, 5.74) is 4.36. The van der Waals surface area contributed by atoms with Crippen LogP contribution in [-0.2, 0) is 0 Å². The van der Waals surface area contributed by atoms with Crippen LogP contribution in [0.25, 0.3) is 0 Å². The molecule has 3 nitrogen and oxygen atoms in total. The lowest BCUT2D eigenvalue weighted by Gasteiger charge is -2.21. The van der Waals surface area contributed by atoms with E-state index >= 15 is 0 Å². The lowest BCUT2D eigenvalue weighted by atomic mass is 9.97. The van der Waals surface area contributed by atoms with E-state index in [1.54, 1.807) is 13.3 Å². The monoisotopic (exact) mass is 290 g/mol. The van der Waals surface area contributed by atoms with Gasteiger partial charge < -0.3 is 10.1 Å². The van der Waals surface area contributed by atoms with E-state index < -0.39 is 0 Å². The second kappa shape index (κ2) is 6.25. The number of halogens is 1. The van der Waals surface area contributed by atoms with Crippen LogP contribution in [0.5, 0.6) is 5.75 Å². The molecule has 0 radical (unpaired) electrons. The lowest BCUT2D eigenvalue weighted by molar-refractivity contribution is 0.401. The Morgan fingerprint density at radius 3 is 2.50 bits per heavy atom. The van der Waals surface area contributed by atoms with Gasteiger partial charge in [-0.2, -0.15) is 0 Å². The van der Waals surface area contributed by atoms with Crippen LogP contribution in [0.1, 0.15) is 28.4 Å². The third kappa shape index (κ3) is 2.79. The van der Waals surface area contributed by atoms with Gasteiger partial charge in [0.05, 0.1) is 23.9 Å². The molecule has 0 spiro atoms. The Morgan fingerprint density at radius 2 is 1.95 bits per heavy atom. The molecule has 0 bridgehead atoms. The Bertz CT molecular complexity index is 596. The molecule has 1 unspecified atom stereocenters. The van der Waals surface area contributed by atoms with Crippen LogP contribution in [0, 0.1) is 13.8 Å². The molecule has 0 fully saturated rings. The van der Waals surface area contributed by atoms with E-state index in [0.717, 1.165) is 22.6 Å². The number of nitrogens with one attached hydrogen (secondary N) is 1. The maximum absolute atomic E-state index is 5.90. The number of hydrogen-bond donors (Lipinski definition) is 1. The van der Waals surface area contributed by atoms with E-state index in [2.05, 4.69) is 36.3 Å². The van der Waals surface area contributed by atoms with Crippen LogP contribution in [0.4, 0.5) is 0 Å². The molecule has 2 aromatic rings. The molecule has 106 valence electrons. The van der Waals surface area contributed by atoms with Gasteiger partial charge in [-0.15, -0.1) is 0 Å². The predicted molar refractivity (Wildman–Crippen MR) is 82.6 cm³/mol. The fourth-order valence-corrected chi connectivity index (χ4v) is 2.44. The fraction of sp³-hybridized carbons (Fsp3) is 0.312. The first kappa shape index (κ1) is 14.8. The second-order valence-electron chi connectivity index (χ2n) is 4.75. The molecule has 0 saturated heterocycles.